The number of nitrogens with zero attached hydrogens (tertiary/aromatic N) is 2. The Bertz CT molecular complexity index is 1040. The first-order chi connectivity index (χ1) is 14.7. The number of carbonyl (C=O) groups excluding carboxylic acids is 2. The molecule has 0 radical (unpaired) electrons. The molecule has 1 aliphatic rings. The van der Waals surface area contributed by atoms with Crippen LogP contribution in [-0.2, 0) is 17.9 Å². The van der Waals surface area contributed by atoms with Crippen LogP contribution in [-0.4, -0.2) is 28.3 Å². The number of fused-ring (bicyclic) bond motifs is 1. The van der Waals surface area contributed by atoms with Crippen molar-refractivity contribution in [2.45, 2.75) is 26.1 Å². The summed E-state index contributed by atoms with van der Waals surface area (Å²) >= 11 is 0. The van der Waals surface area contributed by atoms with Gasteiger partial charge >= 0.3 is 0 Å². The van der Waals surface area contributed by atoms with E-state index in [1.165, 1.54) is 0 Å². The van der Waals surface area contributed by atoms with Gasteiger partial charge in [0.15, 0.2) is 0 Å². The molecule has 0 unspecified atom stereocenters. The zero-order valence-electron chi connectivity index (χ0n) is 16.7. The molecule has 0 spiro atoms. The maximum absolute atomic E-state index is 13.1. The molecule has 0 bridgehead atoms. The van der Waals surface area contributed by atoms with Gasteiger partial charge in [-0.1, -0.05) is 36.4 Å². The largest absolute Gasteiger partial charge is 0.494 e. The zero-order valence-corrected chi connectivity index (χ0v) is 16.7. The molecule has 152 valence electrons. The van der Waals surface area contributed by atoms with Crippen LogP contribution >= 0.6 is 0 Å². The van der Waals surface area contributed by atoms with Crippen LogP contribution in [0.15, 0.2) is 73.1 Å². The van der Waals surface area contributed by atoms with Crippen LogP contribution in [0.2, 0.25) is 0 Å². The molecule has 6 nitrogen and oxygen atoms in total. The second kappa shape index (κ2) is 8.78. The Labute approximate surface area is 175 Å². The number of pyridine rings is 1. The van der Waals surface area contributed by atoms with Gasteiger partial charge in [0, 0.05) is 31.0 Å². The molecular formula is C24H23N3O3. The van der Waals surface area contributed by atoms with Gasteiger partial charge in [-0.2, -0.15) is 0 Å². The number of hydrogen-bond acceptors (Lipinski definition) is 4. The van der Waals surface area contributed by atoms with Crippen molar-refractivity contribution in [2.75, 3.05) is 6.61 Å². The van der Waals surface area contributed by atoms with Crippen molar-refractivity contribution in [2.24, 2.45) is 0 Å². The Morgan fingerprint density at radius 2 is 1.87 bits per heavy atom. The van der Waals surface area contributed by atoms with Crippen LogP contribution in [0.3, 0.4) is 0 Å². The van der Waals surface area contributed by atoms with Gasteiger partial charge in [0.05, 0.1) is 6.61 Å². The van der Waals surface area contributed by atoms with Gasteiger partial charge in [-0.05, 0) is 47.9 Å². The van der Waals surface area contributed by atoms with Gasteiger partial charge in [-0.3, -0.25) is 14.6 Å². The summed E-state index contributed by atoms with van der Waals surface area (Å²) in [5, 5.41) is 2.95. The van der Waals surface area contributed by atoms with Crippen molar-refractivity contribution < 1.29 is 14.3 Å². The molecule has 0 aliphatic carbocycles. The fourth-order valence-electron chi connectivity index (χ4n) is 3.66. The Morgan fingerprint density at radius 3 is 2.60 bits per heavy atom. The molecule has 6 heteroatoms. The van der Waals surface area contributed by atoms with E-state index < -0.39 is 6.04 Å². The van der Waals surface area contributed by atoms with E-state index in [0.29, 0.717) is 25.3 Å². The molecule has 1 aromatic heterocycles. The number of benzene rings is 2. The Hall–Kier alpha value is -3.67. The van der Waals surface area contributed by atoms with Crippen LogP contribution < -0.4 is 10.1 Å². The van der Waals surface area contributed by atoms with E-state index in [4.69, 9.17) is 4.74 Å². The average molecular weight is 401 g/mol. The van der Waals surface area contributed by atoms with E-state index in [1.54, 1.807) is 23.4 Å². The topological polar surface area (TPSA) is 71.5 Å². The number of hydrogen-bond donors (Lipinski definition) is 1. The summed E-state index contributed by atoms with van der Waals surface area (Å²) in [5.74, 6) is 0.437. The van der Waals surface area contributed by atoms with E-state index in [9.17, 15) is 9.59 Å². The molecule has 1 N–H and O–H groups in total. The van der Waals surface area contributed by atoms with Crippen LogP contribution in [0.4, 0.5) is 0 Å². The van der Waals surface area contributed by atoms with Gasteiger partial charge in [-0.25, -0.2) is 0 Å². The highest BCUT2D eigenvalue weighted by Crippen LogP contribution is 2.35. The molecule has 2 heterocycles. The maximum Gasteiger partial charge on any atom is 0.255 e. The van der Waals surface area contributed by atoms with E-state index in [-0.39, 0.29) is 11.8 Å². The molecule has 3 aromatic rings. The minimum absolute atomic E-state index is 0.138. The maximum atomic E-state index is 13.1. The first kappa shape index (κ1) is 19.6. The number of amides is 2. The second-order valence-electron chi connectivity index (χ2n) is 7.08. The van der Waals surface area contributed by atoms with Crippen molar-refractivity contribution in [3.05, 3.63) is 95.3 Å². The summed E-state index contributed by atoms with van der Waals surface area (Å²) in [7, 11) is 0. The molecule has 0 fully saturated rings. The summed E-state index contributed by atoms with van der Waals surface area (Å²) in [6.45, 7) is 3.22. The molecule has 4 rings (SSSR count). The lowest BCUT2D eigenvalue weighted by Crippen LogP contribution is -2.38. The highest BCUT2D eigenvalue weighted by Gasteiger charge is 2.40. The predicted octanol–water partition coefficient (Wildman–Crippen LogP) is 3.49. The van der Waals surface area contributed by atoms with E-state index in [1.807, 2.05) is 61.5 Å². The van der Waals surface area contributed by atoms with E-state index >= 15 is 0 Å². The summed E-state index contributed by atoms with van der Waals surface area (Å²) in [4.78, 5) is 31.9. The molecule has 30 heavy (non-hydrogen) atoms. The van der Waals surface area contributed by atoms with Crippen molar-refractivity contribution in [3.63, 3.8) is 0 Å². The van der Waals surface area contributed by atoms with Crippen LogP contribution in [0.1, 0.15) is 40.0 Å². The zero-order chi connectivity index (χ0) is 20.9. The van der Waals surface area contributed by atoms with Gasteiger partial charge in [0.25, 0.3) is 5.91 Å². The third kappa shape index (κ3) is 4.03. The summed E-state index contributed by atoms with van der Waals surface area (Å²) in [6.07, 6.45) is 3.40. The fourth-order valence-corrected chi connectivity index (χ4v) is 3.66. The Kier molecular flexibility index (Phi) is 5.75. The molecular weight excluding hydrogens is 378 g/mol. The normalized spacial score (nSPS) is 15.0. The molecule has 2 aromatic carbocycles. The number of nitrogens with one attached hydrogen (secondary N) is 1. The third-order valence-corrected chi connectivity index (χ3v) is 5.08. The fraction of sp³-hybridized carbons (Fsp3) is 0.208. The number of ether oxygens (including phenoxy) is 1. The highest BCUT2D eigenvalue weighted by atomic mass is 16.5. The monoisotopic (exact) mass is 401 g/mol. The van der Waals surface area contributed by atoms with Gasteiger partial charge in [0.2, 0.25) is 5.91 Å². The quantitative estimate of drug-likeness (QED) is 0.658. The Balaban J connectivity index is 1.56. The average Bonchev–Trinajstić information content (AvgIpc) is 3.06. The predicted molar refractivity (Wildman–Crippen MR) is 113 cm³/mol. The molecule has 0 saturated heterocycles. The molecule has 1 aliphatic heterocycles. The lowest BCUT2D eigenvalue weighted by Gasteiger charge is -2.25. The number of aromatic nitrogens is 1. The van der Waals surface area contributed by atoms with Crippen molar-refractivity contribution in [3.8, 4) is 5.75 Å². The Morgan fingerprint density at radius 1 is 1.07 bits per heavy atom. The van der Waals surface area contributed by atoms with Crippen LogP contribution in [0.25, 0.3) is 0 Å². The first-order valence-electron chi connectivity index (χ1n) is 9.95. The summed E-state index contributed by atoms with van der Waals surface area (Å²) in [6, 6.07) is 18.0. The van der Waals surface area contributed by atoms with Crippen molar-refractivity contribution in [1.29, 1.82) is 0 Å². The lowest BCUT2D eigenvalue weighted by molar-refractivity contribution is -0.125. The van der Waals surface area contributed by atoms with Gasteiger partial charge < -0.3 is 15.0 Å². The van der Waals surface area contributed by atoms with Gasteiger partial charge in [0.1, 0.15) is 11.8 Å². The van der Waals surface area contributed by atoms with E-state index in [2.05, 4.69) is 10.3 Å². The lowest BCUT2D eigenvalue weighted by atomic mass is 10.0. The van der Waals surface area contributed by atoms with Crippen molar-refractivity contribution in [1.82, 2.24) is 15.2 Å². The standard InChI is InChI=1S/C24H23N3O3/c1-2-30-19-11-9-17(10-12-19)16-27-22(20-7-3-4-8-21(20)24(27)29)23(28)26-15-18-6-5-13-25-14-18/h3-14,22H,2,15-16H2,1H3,(H,26,28)/t22-/m1/s1. The number of carbonyl (C=O) groups is 2. The molecule has 2 amide bonds. The minimum atomic E-state index is -0.670. The SMILES string of the molecule is CCOc1ccc(CN2C(=O)c3ccccc3[C@@H]2C(=O)NCc2cccnc2)cc1. The van der Waals surface area contributed by atoms with Gasteiger partial charge in [-0.15, -0.1) is 0 Å². The number of rotatable bonds is 7. The molecule has 0 saturated carbocycles. The summed E-state index contributed by atoms with van der Waals surface area (Å²) < 4.78 is 5.49. The minimum Gasteiger partial charge on any atom is -0.494 e. The molecule has 1 atom stereocenters. The second-order valence-corrected chi connectivity index (χ2v) is 7.08. The van der Waals surface area contributed by atoms with E-state index in [0.717, 1.165) is 22.4 Å². The van der Waals surface area contributed by atoms with Crippen LogP contribution in [0.5, 0.6) is 5.75 Å². The van der Waals surface area contributed by atoms with Crippen molar-refractivity contribution >= 4 is 11.8 Å². The highest BCUT2D eigenvalue weighted by molar-refractivity contribution is 6.04. The first-order valence-corrected chi connectivity index (χ1v) is 9.95. The van der Waals surface area contributed by atoms with Crippen LogP contribution in [0, 0.1) is 0 Å². The third-order valence-electron chi connectivity index (χ3n) is 5.08. The summed E-state index contributed by atoms with van der Waals surface area (Å²) in [5.41, 5.74) is 3.15. The smallest absolute Gasteiger partial charge is 0.255 e.